The van der Waals surface area contributed by atoms with E-state index in [1.54, 1.807) is 0 Å². The number of rotatable bonds is 7. The Hall–Kier alpha value is -2.34. The Labute approximate surface area is 202 Å². The Balaban J connectivity index is 2.26. The summed E-state index contributed by atoms with van der Waals surface area (Å²) in [7, 11) is 0. The van der Waals surface area contributed by atoms with Gasteiger partial charge in [-0.05, 0) is 75.0 Å². The molecule has 0 saturated heterocycles. The molecule has 3 rings (SSSR count). The van der Waals surface area contributed by atoms with Gasteiger partial charge in [-0.25, -0.2) is 0 Å². The highest BCUT2D eigenvalue weighted by Gasteiger charge is 2.48. The molecule has 6 nitrogen and oxygen atoms in total. The Morgan fingerprint density at radius 3 is 2.00 bits per heavy atom. The van der Waals surface area contributed by atoms with Crippen LogP contribution in [0.3, 0.4) is 0 Å². The lowest BCUT2D eigenvalue weighted by molar-refractivity contribution is -0.0262. The smallest absolute Gasteiger partial charge is 0.157 e. The average Bonchev–Trinajstić information content (AvgIpc) is 2.71. The Morgan fingerprint density at radius 2 is 1.59 bits per heavy atom. The van der Waals surface area contributed by atoms with E-state index in [1.165, 1.54) is 5.57 Å². The third kappa shape index (κ3) is 4.37. The molecule has 1 aromatic carbocycles. The van der Waals surface area contributed by atoms with E-state index in [0.717, 1.165) is 25.7 Å². The summed E-state index contributed by atoms with van der Waals surface area (Å²) in [6, 6.07) is 0. The molecule has 1 saturated carbocycles. The van der Waals surface area contributed by atoms with Gasteiger partial charge in [0.25, 0.3) is 0 Å². The highest BCUT2D eigenvalue weighted by atomic mass is 16.3. The van der Waals surface area contributed by atoms with Crippen molar-refractivity contribution in [3.8, 4) is 17.2 Å². The number of aromatic hydroxyl groups is 3. The van der Waals surface area contributed by atoms with E-state index in [2.05, 4.69) is 33.8 Å². The molecule has 1 fully saturated rings. The van der Waals surface area contributed by atoms with Crippen molar-refractivity contribution in [3.05, 3.63) is 28.3 Å². The van der Waals surface area contributed by atoms with E-state index < -0.39 is 34.2 Å². The third-order valence-electron chi connectivity index (χ3n) is 8.66. The Morgan fingerprint density at radius 1 is 1.03 bits per heavy atom. The minimum atomic E-state index is -0.778. The molecule has 5 atom stereocenters. The van der Waals surface area contributed by atoms with Gasteiger partial charge in [-0.2, -0.15) is 0 Å². The van der Waals surface area contributed by atoms with Crippen molar-refractivity contribution >= 4 is 12.6 Å². The van der Waals surface area contributed by atoms with Crippen LogP contribution in [0.4, 0.5) is 0 Å². The van der Waals surface area contributed by atoms with Crippen molar-refractivity contribution in [2.75, 3.05) is 0 Å². The zero-order valence-electron chi connectivity index (χ0n) is 21.3. The van der Waals surface area contributed by atoms with Crippen molar-refractivity contribution in [1.29, 1.82) is 0 Å². The number of aliphatic hydroxyl groups is 1. The van der Waals surface area contributed by atoms with Gasteiger partial charge in [0, 0.05) is 11.5 Å². The summed E-state index contributed by atoms with van der Waals surface area (Å²) in [5.74, 6) is -1.23. The Kier molecular flexibility index (Phi) is 7.24. The number of carbonyl (C=O) groups is 2. The minimum Gasteiger partial charge on any atom is -0.507 e. The van der Waals surface area contributed by atoms with Gasteiger partial charge < -0.3 is 20.4 Å². The monoisotopic (exact) mass is 472 g/mol. The summed E-state index contributed by atoms with van der Waals surface area (Å²) < 4.78 is 0. The molecule has 0 bridgehead atoms. The first-order valence-corrected chi connectivity index (χ1v) is 12.4. The second-order valence-electron chi connectivity index (χ2n) is 11.7. The first-order chi connectivity index (χ1) is 15.8. The molecule has 2 aliphatic rings. The summed E-state index contributed by atoms with van der Waals surface area (Å²) in [6.45, 7) is 12.2. The number of aldehydes is 2. The normalized spacial score (nSPS) is 29.8. The molecular weight excluding hydrogens is 432 g/mol. The highest BCUT2D eigenvalue weighted by Crippen LogP contribution is 2.59. The molecule has 0 amide bonds. The second-order valence-corrected chi connectivity index (χ2v) is 11.7. The van der Waals surface area contributed by atoms with Crippen molar-refractivity contribution in [2.24, 2.45) is 29.1 Å². The SMILES string of the molecule is CC(C)CC(c1c(O)c(C=O)c(O)c(C=O)c1O)C1(C)/C=C2/CCC2C(C(C)(C)O)CCC1C. The van der Waals surface area contributed by atoms with E-state index in [4.69, 9.17) is 0 Å². The fourth-order valence-corrected chi connectivity index (χ4v) is 6.37. The topological polar surface area (TPSA) is 115 Å². The van der Waals surface area contributed by atoms with Gasteiger partial charge in [0.1, 0.15) is 17.2 Å². The molecular formula is C28H40O6. The number of benzene rings is 1. The lowest BCUT2D eigenvalue weighted by Gasteiger charge is -2.50. The maximum atomic E-state index is 11.7. The van der Waals surface area contributed by atoms with Crippen LogP contribution in [0.25, 0.3) is 0 Å². The van der Waals surface area contributed by atoms with Crippen LogP contribution in [-0.4, -0.2) is 38.6 Å². The first-order valence-electron chi connectivity index (χ1n) is 12.4. The summed E-state index contributed by atoms with van der Waals surface area (Å²) in [5.41, 5.74) is -0.574. The van der Waals surface area contributed by atoms with Crippen LogP contribution in [0.2, 0.25) is 0 Å². The van der Waals surface area contributed by atoms with E-state index in [1.807, 2.05) is 13.8 Å². The summed E-state index contributed by atoms with van der Waals surface area (Å²) >= 11 is 0. The predicted molar refractivity (Wildman–Crippen MR) is 132 cm³/mol. The van der Waals surface area contributed by atoms with Crippen molar-refractivity contribution < 1.29 is 30.0 Å². The van der Waals surface area contributed by atoms with Crippen LogP contribution < -0.4 is 0 Å². The van der Waals surface area contributed by atoms with Crippen LogP contribution in [-0.2, 0) is 0 Å². The maximum Gasteiger partial charge on any atom is 0.157 e. The molecule has 0 aromatic heterocycles. The van der Waals surface area contributed by atoms with Gasteiger partial charge in [-0.15, -0.1) is 0 Å². The van der Waals surface area contributed by atoms with E-state index in [9.17, 15) is 30.0 Å². The third-order valence-corrected chi connectivity index (χ3v) is 8.66. The van der Waals surface area contributed by atoms with Gasteiger partial charge in [0.15, 0.2) is 12.6 Å². The quantitative estimate of drug-likeness (QED) is 0.298. The first kappa shape index (κ1) is 26.3. The van der Waals surface area contributed by atoms with Gasteiger partial charge in [-0.3, -0.25) is 9.59 Å². The summed E-state index contributed by atoms with van der Waals surface area (Å²) in [4.78, 5) is 23.5. The summed E-state index contributed by atoms with van der Waals surface area (Å²) in [5, 5.41) is 43.3. The van der Waals surface area contributed by atoms with Crippen LogP contribution >= 0.6 is 0 Å². The molecule has 6 heteroatoms. The molecule has 5 unspecified atom stereocenters. The fourth-order valence-electron chi connectivity index (χ4n) is 6.37. The number of allylic oxidation sites excluding steroid dienone is 2. The van der Waals surface area contributed by atoms with Crippen molar-refractivity contribution in [1.82, 2.24) is 0 Å². The molecule has 4 N–H and O–H groups in total. The largest absolute Gasteiger partial charge is 0.507 e. The number of phenols is 3. The number of hydrogen-bond acceptors (Lipinski definition) is 6. The van der Waals surface area contributed by atoms with Crippen LogP contribution in [0.1, 0.15) is 106 Å². The zero-order valence-corrected chi connectivity index (χ0v) is 21.3. The van der Waals surface area contributed by atoms with Crippen molar-refractivity contribution in [2.45, 2.75) is 85.2 Å². The molecule has 1 aromatic rings. The minimum absolute atomic E-state index is 0.127. The Bertz CT molecular complexity index is 951. The van der Waals surface area contributed by atoms with Gasteiger partial charge in [0.05, 0.1) is 16.7 Å². The van der Waals surface area contributed by atoms with Crippen LogP contribution in [0.5, 0.6) is 17.2 Å². The number of hydrogen-bond donors (Lipinski definition) is 4. The number of fused-ring (bicyclic) bond motifs is 1. The maximum absolute atomic E-state index is 11.7. The van der Waals surface area contributed by atoms with E-state index in [0.29, 0.717) is 24.9 Å². The lowest BCUT2D eigenvalue weighted by atomic mass is 9.55. The summed E-state index contributed by atoms with van der Waals surface area (Å²) in [6.07, 6.45) is 7.22. The van der Waals surface area contributed by atoms with E-state index >= 15 is 0 Å². The van der Waals surface area contributed by atoms with Crippen molar-refractivity contribution in [3.63, 3.8) is 0 Å². The number of phenolic OH excluding ortho intramolecular Hbond substituents is 3. The fraction of sp³-hybridized carbons (Fsp3) is 0.643. The second kappa shape index (κ2) is 9.37. The molecule has 0 heterocycles. The van der Waals surface area contributed by atoms with Crippen LogP contribution in [0.15, 0.2) is 11.6 Å². The number of carbonyl (C=O) groups excluding carboxylic acids is 2. The van der Waals surface area contributed by atoms with E-state index in [-0.39, 0.29) is 34.4 Å². The molecule has 188 valence electrons. The average molecular weight is 473 g/mol. The predicted octanol–water partition coefficient (Wildman–Crippen LogP) is 5.72. The standard InChI is InChI=1S/C28H40O6/c1-15(2)11-22(23-25(32)19(13-29)24(31)20(14-30)26(23)33)28(6)12-17-8-9-18(17)21(27(4,5)34)10-7-16(28)3/h12-16,18,21-22,31-34H,7-11H2,1-6H3/b17-12-. The van der Waals surface area contributed by atoms with Gasteiger partial charge in [0.2, 0.25) is 0 Å². The highest BCUT2D eigenvalue weighted by molar-refractivity contribution is 5.95. The zero-order chi connectivity index (χ0) is 25.6. The molecule has 0 radical (unpaired) electrons. The van der Waals surface area contributed by atoms with Crippen LogP contribution in [0, 0.1) is 29.1 Å². The molecule has 0 spiro atoms. The van der Waals surface area contributed by atoms with Gasteiger partial charge >= 0.3 is 0 Å². The van der Waals surface area contributed by atoms with Gasteiger partial charge in [-0.1, -0.05) is 39.3 Å². The lowest BCUT2D eigenvalue weighted by Crippen LogP contribution is -2.44. The molecule has 34 heavy (non-hydrogen) atoms. The molecule has 2 aliphatic carbocycles. The molecule has 0 aliphatic heterocycles.